The Bertz CT molecular complexity index is 804. The normalized spacial score (nSPS) is 13.0. The summed E-state index contributed by atoms with van der Waals surface area (Å²) in [4.78, 5) is 14.8. The van der Waals surface area contributed by atoms with Crippen LogP contribution >= 0.6 is 38.9 Å². The molecule has 0 radical (unpaired) electrons. The summed E-state index contributed by atoms with van der Waals surface area (Å²) in [6.07, 6.45) is 0. The minimum atomic E-state index is -0.441. The molecule has 98 valence electrons. The van der Waals surface area contributed by atoms with E-state index < -0.39 is 5.76 Å². The quantitative estimate of drug-likeness (QED) is 0.679. The van der Waals surface area contributed by atoms with Gasteiger partial charge in [0.05, 0.1) is 15.4 Å². The van der Waals surface area contributed by atoms with Gasteiger partial charge in [0.1, 0.15) is 0 Å². The van der Waals surface area contributed by atoms with Gasteiger partial charge in [-0.15, -0.1) is 11.3 Å². The van der Waals surface area contributed by atoms with Crippen molar-refractivity contribution in [2.75, 3.05) is 0 Å². The van der Waals surface area contributed by atoms with Crippen molar-refractivity contribution in [2.24, 2.45) is 0 Å². The standard InChI is InChI=1S/C13H9BrClNO2S/c1-6-5-19-12(11(6)15)10(14)7-2-3-8-9(4-7)18-13(17)16-8/h2-5,10H,1H3,(H,16,17). The van der Waals surface area contributed by atoms with E-state index in [9.17, 15) is 4.79 Å². The fourth-order valence-electron chi connectivity index (χ4n) is 1.89. The average molecular weight is 359 g/mol. The Kier molecular flexibility index (Phi) is 3.28. The molecule has 0 aliphatic heterocycles. The summed E-state index contributed by atoms with van der Waals surface area (Å²) < 4.78 is 5.07. The molecule has 19 heavy (non-hydrogen) atoms. The Morgan fingerprint density at radius 2 is 2.26 bits per heavy atom. The summed E-state index contributed by atoms with van der Waals surface area (Å²) in [5, 5.41) is 2.81. The van der Waals surface area contributed by atoms with Gasteiger partial charge in [0.15, 0.2) is 5.58 Å². The molecule has 0 aliphatic carbocycles. The van der Waals surface area contributed by atoms with Crippen LogP contribution < -0.4 is 5.76 Å². The van der Waals surface area contributed by atoms with Crippen LogP contribution in [0.15, 0.2) is 32.8 Å². The lowest BCUT2D eigenvalue weighted by atomic mass is 10.1. The zero-order valence-electron chi connectivity index (χ0n) is 9.87. The lowest BCUT2D eigenvalue weighted by Crippen LogP contribution is -1.92. The molecule has 1 aromatic carbocycles. The Hall–Kier alpha value is -1.04. The van der Waals surface area contributed by atoms with E-state index in [-0.39, 0.29) is 4.83 Å². The SMILES string of the molecule is Cc1csc(C(Br)c2ccc3[nH]c(=O)oc3c2)c1Cl. The van der Waals surface area contributed by atoms with Crippen molar-refractivity contribution in [2.45, 2.75) is 11.8 Å². The van der Waals surface area contributed by atoms with E-state index in [1.54, 1.807) is 11.3 Å². The number of hydrogen-bond acceptors (Lipinski definition) is 3. The minimum absolute atomic E-state index is 0.0108. The molecule has 0 saturated carbocycles. The number of H-pyrrole nitrogens is 1. The smallest absolute Gasteiger partial charge is 0.408 e. The molecule has 3 rings (SSSR count). The van der Waals surface area contributed by atoms with Gasteiger partial charge in [-0.1, -0.05) is 33.6 Å². The second-order valence-electron chi connectivity index (χ2n) is 4.23. The van der Waals surface area contributed by atoms with Gasteiger partial charge < -0.3 is 4.42 Å². The zero-order valence-corrected chi connectivity index (χ0v) is 13.0. The van der Waals surface area contributed by atoms with Crippen molar-refractivity contribution in [3.05, 3.63) is 55.2 Å². The molecule has 1 atom stereocenters. The van der Waals surface area contributed by atoms with Crippen molar-refractivity contribution in [1.29, 1.82) is 0 Å². The zero-order chi connectivity index (χ0) is 13.6. The van der Waals surface area contributed by atoms with Crippen LogP contribution in [-0.4, -0.2) is 4.98 Å². The number of hydrogen-bond donors (Lipinski definition) is 1. The van der Waals surface area contributed by atoms with E-state index in [0.717, 1.165) is 21.0 Å². The highest BCUT2D eigenvalue weighted by Gasteiger charge is 2.18. The molecule has 1 N–H and O–H groups in total. The molecule has 6 heteroatoms. The van der Waals surface area contributed by atoms with Gasteiger partial charge in [0.25, 0.3) is 0 Å². The predicted molar refractivity (Wildman–Crippen MR) is 81.7 cm³/mol. The third-order valence-corrected chi connectivity index (χ3v) is 5.96. The van der Waals surface area contributed by atoms with Gasteiger partial charge in [-0.2, -0.15) is 0 Å². The fourth-order valence-corrected chi connectivity index (χ4v) is 4.16. The maximum absolute atomic E-state index is 11.1. The van der Waals surface area contributed by atoms with Crippen LogP contribution in [0.1, 0.15) is 20.8 Å². The minimum Gasteiger partial charge on any atom is -0.408 e. The van der Waals surface area contributed by atoms with Crippen LogP contribution in [0.4, 0.5) is 0 Å². The Labute approximate surface area is 126 Å². The van der Waals surface area contributed by atoms with E-state index in [4.69, 9.17) is 16.0 Å². The second-order valence-corrected chi connectivity index (χ2v) is 6.43. The third-order valence-electron chi connectivity index (χ3n) is 2.89. The largest absolute Gasteiger partial charge is 0.417 e. The molecular weight excluding hydrogens is 350 g/mol. The summed E-state index contributed by atoms with van der Waals surface area (Å²) in [7, 11) is 0. The molecule has 0 fully saturated rings. The fraction of sp³-hybridized carbons (Fsp3) is 0.154. The predicted octanol–water partition coefficient (Wildman–Crippen LogP) is 4.63. The van der Waals surface area contributed by atoms with Crippen LogP contribution in [0.25, 0.3) is 11.1 Å². The van der Waals surface area contributed by atoms with E-state index >= 15 is 0 Å². The highest BCUT2D eigenvalue weighted by molar-refractivity contribution is 9.09. The first-order chi connectivity index (χ1) is 9.06. The summed E-state index contributed by atoms with van der Waals surface area (Å²) in [6.45, 7) is 1.98. The molecule has 0 bridgehead atoms. The Balaban J connectivity index is 2.08. The van der Waals surface area contributed by atoms with Crippen molar-refractivity contribution >= 4 is 50.0 Å². The number of aromatic nitrogens is 1. The lowest BCUT2D eigenvalue weighted by Gasteiger charge is -2.08. The van der Waals surface area contributed by atoms with Crippen molar-refractivity contribution in [3.8, 4) is 0 Å². The van der Waals surface area contributed by atoms with Gasteiger partial charge in [0.2, 0.25) is 0 Å². The molecule has 3 nitrogen and oxygen atoms in total. The number of aromatic amines is 1. The first kappa shape index (κ1) is 13.0. The number of fused-ring (bicyclic) bond motifs is 1. The monoisotopic (exact) mass is 357 g/mol. The van der Waals surface area contributed by atoms with E-state index in [1.165, 1.54) is 0 Å². The van der Waals surface area contributed by atoms with Crippen molar-refractivity contribution < 1.29 is 4.42 Å². The third kappa shape index (κ3) is 2.26. The lowest BCUT2D eigenvalue weighted by molar-refractivity contribution is 0.555. The topological polar surface area (TPSA) is 46.0 Å². The van der Waals surface area contributed by atoms with Gasteiger partial charge in [-0.25, -0.2) is 4.79 Å². The molecule has 0 amide bonds. The molecule has 1 unspecified atom stereocenters. The van der Waals surface area contributed by atoms with Crippen LogP contribution in [0, 0.1) is 6.92 Å². The average Bonchev–Trinajstić information content (AvgIpc) is 2.91. The number of nitrogens with one attached hydrogen (secondary N) is 1. The summed E-state index contributed by atoms with van der Waals surface area (Å²) in [6, 6.07) is 5.62. The maximum Gasteiger partial charge on any atom is 0.417 e. The highest BCUT2D eigenvalue weighted by atomic mass is 79.9. The molecule has 0 saturated heterocycles. The number of oxazole rings is 1. The van der Waals surface area contributed by atoms with Crippen molar-refractivity contribution in [1.82, 2.24) is 4.98 Å². The number of aryl methyl sites for hydroxylation is 1. The van der Waals surface area contributed by atoms with Gasteiger partial charge in [-0.05, 0) is 35.6 Å². The number of alkyl halides is 1. The van der Waals surface area contributed by atoms with Gasteiger partial charge >= 0.3 is 5.76 Å². The number of rotatable bonds is 2. The molecule has 2 aromatic heterocycles. The number of thiophene rings is 1. The van der Waals surface area contributed by atoms with E-state index in [1.807, 2.05) is 30.5 Å². The molecule has 0 spiro atoms. The summed E-state index contributed by atoms with van der Waals surface area (Å²) in [5.41, 5.74) is 3.32. The number of halogens is 2. The molecule has 0 aliphatic rings. The van der Waals surface area contributed by atoms with Crippen molar-refractivity contribution in [3.63, 3.8) is 0 Å². The molecular formula is C13H9BrClNO2S. The van der Waals surface area contributed by atoms with Crippen LogP contribution in [-0.2, 0) is 0 Å². The Morgan fingerprint density at radius 1 is 1.47 bits per heavy atom. The summed E-state index contributed by atoms with van der Waals surface area (Å²) >= 11 is 11.5. The van der Waals surface area contributed by atoms with E-state index in [2.05, 4.69) is 20.9 Å². The highest BCUT2D eigenvalue weighted by Crippen LogP contribution is 2.41. The molecule has 3 aromatic rings. The van der Waals surface area contributed by atoms with Crippen LogP contribution in [0.5, 0.6) is 0 Å². The summed E-state index contributed by atoms with van der Waals surface area (Å²) in [5.74, 6) is -0.441. The first-order valence-electron chi connectivity index (χ1n) is 5.56. The molecule has 2 heterocycles. The van der Waals surface area contributed by atoms with Gasteiger partial charge in [0, 0.05) is 4.88 Å². The Morgan fingerprint density at radius 3 is 2.95 bits per heavy atom. The van der Waals surface area contributed by atoms with Crippen LogP contribution in [0.2, 0.25) is 5.02 Å². The maximum atomic E-state index is 11.1. The second kappa shape index (κ2) is 4.81. The van der Waals surface area contributed by atoms with Gasteiger partial charge in [-0.3, -0.25) is 4.98 Å². The first-order valence-corrected chi connectivity index (χ1v) is 7.74. The van der Waals surface area contributed by atoms with E-state index in [0.29, 0.717) is 11.1 Å². The van der Waals surface area contributed by atoms with Crippen LogP contribution in [0.3, 0.4) is 0 Å². The number of benzene rings is 1.